The standard InChI is InChI=1S/C11H18S/c1-5-6-9-7-12-8-10(9)11(2,3)4/h7-8H,5-6H2,1-4H3. The van der Waals surface area contributed by atoms with Crippen LogP contribution in [0.2, 0.25) is 0 Å². The van der Waals surface area contributed by atoms with Gasteiger partial charge in [-0.25, -0.2) is 0 Å². The van der Waals surface area contributed by atoms with Crippen LogP contribution >= 0.6 is 11.3 Å². The van der Waals surface area contributed by atoms with E-state index >= 15 is 0 Å². The molecule has 0 N–H and O–H groups in total. The van der Waals surface area contributed by atoms with Crippen molar-refractivity contribution >= 4 is 11.3 Å². The van der Waals surface area contributed by atoms with E-state index in [1.807, 2.05) is 11.3 Å². The van der Waals surface area contributed by atoms with E-state index < -0.39 is 0 Å². The van der Waals surface area contributed by atoms with Gasteiger partial charge in [-0.15, -0.1) is 0 Å². The molecule has 68 valence electrons. The number of aryl methyl sites for hydroxylation is 1. The maximum Gasteiger partial charge on any atom is -0.00531 e. The molecule has 0 radical (unpaired) electrons. The molecule has 0 unspecified atom stereocenters. The molecule has 0 bridgehead atoms. The largest absolute Gasteiger partial charge is 0.152 e. The minimum absolute atomic E-state index is 0.324. The van der Waals surface area contributed by atoms with E-state index in [1.54, 1.807) is 5.56 Å². The average molecular weight is 182 g/mol. The third kappa shape index (κ3) is 2.10. The van der Waals surface area contributed by atoms with Crippen LogP contribution in [0.3, 0.4) is 0 Å². The van der Waals surface area contributed by atoms with Gasteiger partial charge < -0.3 is 0 Å². The summed E-state index contributed by atoms with van der Waals surface area (Å²) in [6.07, 6.45) is 2.48. The molecule has 12 heavy (non-hydrogen) atoms. The third-order valence-electron chi connectivity index (χ3n) is 2.07. The predicted molar refractivity (Wildman–Crippen MR) is 57.0 cm³/mol. The summed E-state index contributed by atoms with van der Waals surface area (Å²) in [6.45, 7) is 9.10. The molecule has 0 atom stereocenters. The highest BCUT2D eigenvalue weighted by atomic mass is 32.1. The van der Waals surface area contributed by atoms with Crippen LogP contribution in [0.15, 0.2) is 10.8 Å². The van der Waals surface area contributed by atoms with Crippen molar-refractivity contribution in [3.8, 4) is 0 Å². The lowest BCUT2D eigenvalue weighted by atomic mass is 9.85. The topological polar surface area (TPSA) is 0 Å². The zero-order valence-corrected chi connectivity index (χ0v) is 9.29. The minimum atomic E-state index is 0.324. The molecule has 1 heteroatoms. The van der Waals surface area contributed by atoms with Crippen molar-refractivity contribution in [1.82, 2.24) is 0 Å². The second-order valence-corrected chi connectivity index (χ2v) is 5.05. The highest BCUT2D eigenvalue weighted by molar-refractivity contribution is 7.08. The van der Waals surface area contributed by atoms with Gasteiger partial charge in [0.1, 0.15) is 0 Å². The molecule has 0 fully saturated rings. The molecule has 1 heterocycles. The van der Waals surface area contributed by atoms with Crippen molar-refractivity contribution in [3.63, 3.8) is 0 Å². The quantitative estimate of drug-likeness (QED) is 0.648. The van der Waals surface area contributed by atoms with Crippen LogP contribution in [0.1, 0.15) is 45.2 Å². The van der Waals surface area contributed by atoms with E-state index in [1.165, 1.54) is 18.4 Å². The zero-order valence-electron chi connectivity index (χ0n) is 8.48. The van der Waals surface area contributed by atoms with Crippen molar-refractivity contribution in [1.29, 1.82) is 0 Å². The molecular formula is C11H18S. The molecule has 0 aromatic carbocycles. The van der Waals surface area contributed by atoms with Gasteiger partial charge in [-0.1, -0.05) is 34.1 Å². The highest BCUT2D eigenvalue weighted by Crippen LogP contribution is 2.29. The summed E-state index contributed by atoms with van der Waals surface area (Å²) in [5, 5.41) is 4.59. The Hall–Kier alpha value is -0.300. The molecule has 0 nitrogen and oxygen atoms in total. The van der Waals surface area contributed by atoms with Gasteiger partial charge in [-0.05, 0) is 33.7 Å². The van der Waals surface area contributed by atoms with E-state index in [0.717, 1.165) is 0 Å². The summed E-state index contributed by atoms with van der Waals surface area (Å²) in [4.78, 5) is 0. The first kappa shape index (κ1) is 9.79. The van der Waals surface area contributed by atoms with Gasteiger partial charge in [0.25, 0.3) is 0 Å². The van der Waals surface area contributed by atoms with Gasteiger partial charge in [0.05, 0.1) is 0 Å². The fourth-order valence-electron chi connectivity index (χ4n) is 1.44. The molecule has 0 aliphatic carbocycles. The average Bonchev–Trinajstić information content (AvgIpc) is 2.34. The van der Waals surface area contributed by atoms with Crippen LogP contribution < -0.4 is 0 Å². The Morgan fingerprint density at radius 1 is 1.25 bits per heavy atom. The molecule has 0 saturated carbocycles. The Bertz CT molecular complexity index is 240. The Labute approximate surface area is 79.6 Å². The van der Waals surface area contributed by atoms with Crippen LogP contribution in [-0.2, 0) is 11.8 Å². The Morgan fingerprint density at radius 2 is 1.92 bits per heavy atom. The van der Waals surface area contributed by atoms with E-state index in [0.29, 0.717) is 5.41 Å². The summed E-state index contributed by atoms with van der Waals surface area (Å²) in [5.74, 6) is 0. The highest BCUT2D eigenvalue weighted by Gasteiger charge is 2.17. The summed E-state index contributed by atoms with van der Waals surface area (Å²) < 4.78 is 0. The molecule has 1 aromatic rings. The van der Waals surface area contributed by atoms with Gasteiger partial charge in [-0.2, -0.15) is 11.3 Å². The molecule has 1 aromatic heterocycles. The molecule has 0 saturated heterocycles. The fourth-order valence-corrected chi connectivity index (χ4v) is 2.56. The first-order chi connectivity index (χ1) is 5.55. The van der Waals surface area contributed by atoms with E-state index in [4.69, 9.17) is 0 Å². The molecule has 0 amide bonds. The van der Waals surface area contributed by atoms with Gasteiger partial charge in [0.15, 0.2) is 0 Å². The van der Waals surface area contributed by atoms with Gasteiger partial charge in [-0.3, -0.25) is 0 Å². The molecule has 0 spiro atoms. The van der Waals surface area contributed by atoms with Crippen LogP contribution in [0.25, 0.3) is 0 Å². The van der Waals surface area contributed by atoms with Crippen LogP contribution in [0, 0.1) is 0 Å². The van der Waals surface area contributed by atoms with Crippen molar-refractivity contribution in [2.24, 2.45) is 0 Å². The summed E-state index contributed by atoms with van der Waals surface area (Å²) >= 11 is 1.83. The maximum absolute atomic E-state index is 2.30. The lowest BCUT2D eigenvalue weighted by Crippen LogP contribution is -2.12. The van der Waals surface area contributed by atoms with E-state index in [2.05, 4.69) is 38.5 Å². The van der Waals surface area contributed by atoms with Gasteiger partial charge in [0.2, 0.25) is 0 Å². The normalized spacial score (nSPS) is 12.0. The molecule has 1 rings (SSSR count). The first-order valence-corrected chi connectivity index (χ1v) is 5.55. The Kier molecular flexibility index (Phi) is 2.94. The lowest BCUT2D eigenvalue weighted by Gasteiger charge is -2.19. The van der Waals surface area contributed by atoms with Gasteiger partial charge in [0, 0.05) is 0 Å². The number of hydrogen-bond donors (Lipinski definition) is 0. The second kappa shape index (κ2) is 3.61. The number of rotatable bonds is 2. The second-order valence-electron chi connectivity index (χ2n) is 4.31. The maximum atomic E-state index is 2.30. The fraction of sp³-hybridized carbons (Fsp3) is 0.636. The van der Waals surface area contributed by atoms with Crippen molar-refractivity contribution in [3.05, 3.63) is 21.9 Å². The Balaban J connectivity index is 2.91. The van der Waals surface area contributed by atoms with Crippen LogP contribution in [0.5, 0.6) is 0 Å². The predicted octanol–water partition coefficient (Wildman–Crippen LogP) is 4.00. The van der Waals surface area contributed by atoms with Crippen molar-refractivity contribution in [2.75, 3.05) is 0 Å². The number of hydrogen-bond acceptors (Lipinski definition) is 1. The summed E-state index contributed by atoms with van der Waals surface area (Å²) in [7, 11) is 0. The van der Waals surface area contributed by atoms with Crippen LogP contribution in [-0.4, -0.2) is 0 Å². The summed E-state index contributed by atoms with van der Waals surface area (Å²) in [5.41, 5.74) is 3.41. The smallest absolute Gasteiger partial charge is 0.00531 e. The zero-order chi connectivity index (χ0) is 9.19. The monoisotopic (exact) mass is 182 g/mol. The molecular weight excluding hydrogens is 164 g/mol. The van der Waals surface area contributed by atoms with Crippen molar-refractivity contribution < 1.29 is 0 Å². The first-order valence-electron chi connectivity index (χ1n) is 4.61. The third-order valence-corrected chi connectivity index (χ3v) is 2.86. The SMILES string of the molecule is CCCc1cscc1C(C)(C)C. The van der Waals surface area contributed by atoms with Gasteiger partial charge >= 0.3 is 0 Å². The van der Waals surface area contributed by atoms with Crippen LogP contribution in [0.4, 0.5) is 0 Å². The van der Waals surface area contributed by atoms with E-state index in [9.17, 15) is 0 Å². The minimum Gasteiger partial charge on any atom is -0.152 e. The van der Waals surface area contributed by atoms with E-state index in [-0.39, 0.29) is 0 Å². The summed E-state index contributed by atoms with van der Waals surface area (Å²) in [6, 6.07) is 0. The lowest BCUT2D eigenvalue weighted by molar-refractivity contribution is 0.584. The Morgan fingerprint density at radius 3 is 2.42 bits per heavy atom. The molecule has 0 aliphatic rings. The molecule has 0 aliphatic heterocycles. The van der Waals surface area contributed by atoms with Crippen molar-refractivity contribution in [2.45, 2.75) is 46.0 Å². The number of thiophene rings is 1.